The summed E-state index contributed by atoms with van der Waals surface area (Å²) in [5.74, 6) is -2.07. The van der Waals surface area contributed by atoms with Crippen LogP contribution in [0.4, 0.5) is 0 Å². The molecule has 0 aromatic heterocycles. The first-order valence-corrected chi connectivity index (χ1v) is 10.3. The van der Waals surface area contributed by atoms with Crippen LogP contribution >= 0.6 is 0 Å². The summed E-state index contributed by atoms with van der Waals surface area (Å²) < 4.78 is 10.9. The molecule has 6 heteroatoms. The number of ketones is 2. The Kier molecular flexibility index (Phi) is 4.03. The molecule has 0 amide bonds. The Morgan fingerprint density at radius 2 is 1.95 bits per heavy atom. The molecule has 0 aromatic carbocycles. The summed E-state index contributed by atoms with van der Waals surface area (Å²) in [7, 11) is -0.795. The molecule has 0 spiro atoms. The van der Waals surface area contributed by atoms with E-state index < -0.39 is 37.5 Å². The number of ether oxygens (including phenoxy) is 1. The second-order valence-electron chi connectivity index (χ2n) is 6.33. The molecule has 5 nitrogen and oxygen atoms in total. The van der Waals surface area contributed by atoms with Crippen molar-refractivity contribution >= 4 is 25.9 Å². The second-order valence-corrected chi connectivity index (χ2v) is 10.8. The minimum Gasteiger partial charge on any atom is -0.468 e. The quantitative estimate of drug-likeness (QED) is 0.343. The van der Waals surface area contributed by atoms with E-state index in [9.17, 15) is 14.4 Å². The summed E-state index contributed by atoms with van der Waals surface area (Å²) in [6, 6.07) is 0. The largest absolute Gasteiger partial charge is 0.468 e. The second kappa shape index (κ2) is 5.34. The smallest absolute Gasteiger partial charge is 0.323 e. The fraction of sp³-hybridized carbons (Fsp3) is 0.533. The number of allylic oxidation sites excluding steroid dienone is 3. The lowest BCUT2D eigenvalue weighted by Gasteiger charge is -2.45. The summed E-state index contributed by atoms with van der Waals surface area (Å²) in [4.78, 5) is 37.2. The van der Waals surface area contributed by atoms with Crippen LogP contribution in [-0.2, 0) is 23.5 Å². The van der Waals surface area contributed by atoms with Crippen molar-refractivity contribution in [3.63, 3.8) is 0 Å². The Balaban J connectivity index is 2.59. The fourth-order valence-corrected chi connectivity index (χ4v) is 4.01. The molecule has 2 aliphatic carbocycles. The van der Waals surface area contributed by atoms with Crippen molar-refractivity contribution < 1.29 is 23.5 Å². The molecule has 0 heterocycles. The molecule has 3 atom stereocenters. The number of hydrogen-bond donors (Lipinski definition) is 0. The van der Waals surface area contributed by atoms with E-state index in [1.165, 1.54) is 19.3 Å². The van der Waals surface area contributed by atoms with Gasteiger partial charge in [0.15, 0.2) is 25.3 Å². The van der Waals surface area contributed by atoms with Crippen LogP contribution < -0.4 is 0 Å². The molecule has 0 unspecified atom stereocenters. The maximum Gasteiger partial charge on any atom is 0.323 e. The minimum absolute atomic E-state index is 0.228. The fourth-order valence-electron chi connectivity index (χ4n) is 2.98. The Morgan fingerprint density at radius 1 is 1.29 bits per heavy atom. The molecule has 0 aliphatic heterocycles. The lowest BCUT2D eigenvalue weighted by Crippen LogP contribution is -2.60. The molecule has 0 saturated carbocycles. The molecule has 0 bridgehead atoms. The van der Waals surface area contributed by atoms with E-state index in [2.05, 4.69) is 0 Å². The Labute approximate surface area is 125 Å². The van der Waals surface area contributed by atoms with Crippen molar-refractivity contribution in [1.82, 2.24) is 0 Å². The van der Waals surface area contributed by atoms with Gasteiger partial charge in [-0.15, -0.1) is 0 Å². The zero-order valence-electron chi connectivity index (χ0n) is 12.7. The molecule has 2 aliphatic rings. The molecular formula is C15H20O5Si. The highest BCUT2D eigenvalue weighted by Gasteiger charge is 2.62. The van der Waals surface area contributed by atoms with Gasteiger partial charge in [-0.25, -0.2) is 0 Å². The average molecular weight is 308 g/mol. The normalized spacial score (nSPS) is 32.0. The number of esters is 1. The van der Waals surface area contributed by atoms with Gasteiger partial charge in [-0.3, -0.25) is 14.4 Å². The highest BCUT2D eigenvalue weighted by atomic mass is 28.4. The molecule has 0 saturated heterocycles. The maximum atomic E-state index is 12.6. The van der Waals surface area contributed by atoms with Gasteiger partial charge in [-0.1, -0.05) is 12.2 Å². The van der Waals surface area contributed by atoms with E-state index in [4.69, 9.17) is 9.16 Å². The van der Waals surface area contributed by atoms with E-state index in [-0.39, 0.29) is 5.78 Å². The van der Waals surface area contributed by atoms with E-state index in [1.54, 1.807) is 12.2 Å². The first kappa shape index (κ1) is 15.8. The summed E-state index contributed by atoms with van der Waals surface area (Å²) in [5.41, 5.74) is -1.57. The molecule has 0 fully saturated rings. The van der Waals surface area contributed by atoms with E-state index in [1.807, 2.05) is 19.6 Å². The molecule has 21 heavy (non-hydrogen) atoms. The van der Waals surface area contributed by atoms with Crippen molar-refractivity contribution in [2.45, 2.75) is 32.2 Å². The monoisotopic (exact) mass is 308 g/mol. The van der Waals surface area contributed by atoms with Crippen molar-refractivity contribution in [2.75, 3.05) is 7.11 Å². The summed E-state index contributed by atoms with van der Waals surface area (Å²) in [5, 5.41) is 0. The molecular weight excluding hydrogens is 288 g/mol. The van der Waals surface area contributed by atoms with Crippen molar-refractivity contribution in [3.8, 4) is 0 Å². The maximum absolute atomic E-state index is 12.6. The third-order valence-electron chi connectivity index (χ3n) is 3.83. The molecule has 114 valence electrons. The molecule has 0 N–H and O–H groups in total. The van der Waals surface area contributed by atoms with Crippen molar-refractivity contribution in [1.29, 1.82) is 0 Å². The van der Waals surface area contributed by atoms with Crippen LogP contribution in [0.15, 0.2) is 24.3 Å². The van der Waals surface area contributed by atoms with Gasteiger partial charge in [0.05, 0.1) is 19.1 Å². The number of hydrogen-bond acceptors (Lipinski definition) is 5. The van der Waals surface area contributed by atoms with E-state index in [0.29, 0.717) is 6.42 Å². The van der Waals surface area contributed by atoms with Gasteiger partial charge in [0, 0.05) is 0 Å². The van der Waals surface area contributed by atoms with Crippen LogP contribution in [0.1, 0.15) is 6.42 Å². The standard InChI is InChI=1S/C15H20O5Si/c1-19-14(18)15-10(11(16)8-9-12(15)17)6-5-7-13(15)20-21(2,3)4/h5,7-10,13H,6H2,1-4H3/t10-,13-,15+/m1/s1. The Morgan fingerprint density at radius 3 is 2.52 bits per heavy atom. The van der Waals surface area contributed by atoms with Gasteiger partial charge in [-0.05, 0) is 38.2 Å². The van der Waals surface area contributed by atoms with Gasteiger partial charge >= 0.3 is 5.97 Å². The van der Waals surface area contributed by atoms with Crippen LogP contribution in [0.3, 0.4) is 0 Å². The van der Waals surface area contributed by atoms with Crippen LogP contribution in [0, 0.1) is 11.3 Å². The zero-order chi connectivity index (χ0) is 15.8. The first-order valence-electron chi connectivity index (χ1n) is 6.92. The van der Waals surface area contributed by atoms with Gasteiger partial charge < -0.3 is 9.16 Å². The van der Waals surface area contributed by atoms with Gasteiger partial charge in [0.1, 0.15) is 0 Å². The number of rotatable bonds is 3. The third kappa shape index (κ3) is 2.53. The molecule has 0 aromatic rings. The van der Waals surface area contributed by atoms with Gasteiger partial charge in [0.25, 0.3) is 0 Å². The van der Waals surface area contributed by atoms with Gasteiger partial charge in [-0.2, -0.15) is 0 Å². The van der Waals surface area contributed by atoms with Crippen molar-refractivity contribution in [2.24, 2.45) is 11.3 Å². The average Bonchev–Trinajstić information content (AvgIpc) is 2.40. The van der Waals surface area contributed by atoms with Crippen LogP contribution in [0.2, 0.25) is 19.6 Å². The molecule has 0 radical (unpaired) electrons. The summed E-state index contributed by atoms with van der Waals surface area (Å²) >= 11 is 0. The van der Waals surface area contributed by atoms with Crippen LogP contribution in [0.25, 0.3) is 0 Å². The summed E-state index contributed by atoms with van der Waals surface area (Å²) in [6.45, 7) is 5.92. The lowest BCUT2D eigenvalue weighted by molar-refractivity contribution is -0.170. The van der Waals surface area contributed by atoms with Gasteiger partial charge in [0.2, 0.25) is 0 Å². The highest BCUT2D eigenvalue weighted by molar-refractivity contribution is 6.69. The number of carbonyl (C=O) groups excluding carboxylic acids is 3. The predicted molar refractivity (Wildman–Crippen MR) is 79.1 cm³/mol. The molecule has 2 rings (SSSR count). The van der Waals surface area contributed by atoms with Crippen molar-refractivity contribution in [3.05, 3.63) is 24.3 Å². The van der Waals surface area contributed by atoms with E-state index >= 15 is 0 Å². The minimum atomic E-state index is -2.02. The first-order chi connectivity index (χ1) is 9.73. The SMILES string of the molecule is COC(=O)[C@]12C(=O)C=CC(=O)[C@H]1CC=C[C@H]2O[Si](C)(C)C. The lowest BCUT2D eigenvalue weighted by atomic mass is 9.60. The summed E-state index contributed by atoms with van der Waals surface area (Å²) in [6.07, 6.45) is 5.54. The highest BCUT2D eigenvalue weighted by Crippen LogP contribution is 2.45. The third-order valence-corrected chi connectivity index (χ3v) is 4.80. The predicted octanol–water partition coefficient (Wildman–Crippen LogP) is 1.65. The van der Waals surface area contributed by atoms with E-state index in [0.717, 1.165) is 0 Å². The topological polar surface area (TPSA) is 69.7 Å². The number of carbonyl (C=O) groups is 3. The van der Waals surface area contributed by atoms with Crippen LogP contribution in [-0.4, -0.2) is 39.1 Å². The Hall–Kier alpha value is -1.53. The Bertz CT molecular complexity index is 543. The number of methoxy groups -OCH3 is 1. The van der Waals surface area contributed by atoms with Crippen LogP contribution in [0.5, 0.6) is 0 Å². The number of fused-ring (bicyclic) bond motifs is 1. The zero-order valence-corrected chi connectivity index (χ0v) is 13.7.